The van der Waals surface area contributed by atoms with Crippen molar-refractivity contribution in [2.45, 2.75) is 6.54 Å². The fraction of sp³-hybridized carbons (Fsp3) is 0.214. The molecule has 2 rings (SSSR count). The van der Waals surface area contributed by atoms with Crippen LogP contribution in [0.25, 0.3) is 0 Å². The zero-order chi connectivity index (χ0) is 13.7. The number of hydrogen-bond donors (Lipinski definition) is 1. The van der Waals surface area contributed by atoms with Crippen molar-refractivity contribution in [3.63, 3.8) is 0 Å². The molecule has 0 saturated carbocycles. The summed E-state index contributed by atoms with van der Waals surface area (Å²) in [7, 11) is 3.78. The summed E-state index contributed by atoms with van der Waals surface area (Å²) in [6.45, 7) is 0.690. The molecule has 96 valence electrons. The minimum atomic E-state index is 0.671. The highest BCUT2D eigenvalue weighted by molar-refractivity contribution is 5.48. The van der Waals surface area contributed by atoms with E-state index in [1.807, 2.05) is 43.3 Å². The fourth-order valence-corrected chi connectivity index (χ4v) is 1.79. The molecule has 0 aliphatic carbocycles. The van der Waals surface area contributed by atoms with E-state index in [0.717, 1.165) is 17.2 Å². The van der Waals surface area contributed by atoms with Gasteiger partial charge in [-0.3, -0.25) is 0 Å². The summed E-state index contributed by atoms with van der Waals surface area (Å²) in [5.74, 6) is 1.62. The van der Waals surface area contributed by atoms with Crippen LogP contribution in [0.4, 0.5) is 11.6 Å². The van der Waals surface area contributed by atoms with Gasteiger partial charge in [0.1, 0.15) is 18.0 Å². The number of benzene rings is 1. The van der Waals surface area contributed by atoms with E-state index < -0.39 is 0 Å². The van der Waals surface area contributed by atoms with Gasteiger partial charge in [0, 0.05) is 26.7 Å². The molecule has 0 bridgehead atoms. The van der Waals surface area contributed by atoms with E-state index in [2.05, 4.69) is 21.4 Å². The highest BCUT2D eigenvalue weighted by atomic mass is 15.2. The quantitative estimate of drug-likeness (QED) is 0.903. The number of nitriles is 1. The van der Waals surface area contributed by atoms with Crippen molar-refractivity contribution in [1.29, 1.82) is 5.26 Å². The van der Waals surface area contributed by atoms with Gasteiger partial charge >= 0.3 is 0 Å². The summed E-state index contributed by atoms with van der Waals surface area (Å²) in [5.41, 5.74) is 1.75. The molecule has 0 aliphatic rings. The molecular weight excluding hydrogens is 238 g/mol. The van der Waals surface area contributed by atoms with Crippen molar-refractivity contribution in [1.82, 2.24) is 9.97 Å². The molecule has 0 fully saturated rings. The zero-order valence-corrected chi connectivity index (χ0v) is 11.0. The Balaban J connectivity index is 2.15. The molecule has 1 N–H and O–H groups in total. The lowest BCUT2D eigenvalue weighted by Crippen LogP contribution is -2.18. The van der Waals surface area contributed by atoms with Crippen molar-refractivity contribution in [2.75, 3.05) is 24.3 Å². The van der Waals surface area contributed by atoms with E-state index >= 15 is 0 Å². The number of hydrogen-bond acceptors (Lipinski definition) is 5. The van der Waals surface area contributed by atoms with Gasteiger partial charge in [-0.1, -0.05) is 12.1 Å². The number of anilines is 2. The van der Waals surface area contributed by atoms with Crippen molar-refractivity contribution < 1.29 is 0 Å². The highest BCUT2D eigenvalue weighted by Gasteiger charge is 2.05. The van der Waals surface area contributed by atoms with Gasteiger partial charge in [-0.05, 0) is 17.7 Å². The van der Waals surface area contributed by atoms with Crippen LogP contribution in [0.3, 0.4) is 0 Å². The second-order valence-electron chi connectivity index (χ2n) is 4.18. The first-order valence-corrected chi connectivity index (χ1v) is 5.93. The molecule has 0 spiro atoms. The Labute approximate surface area is 112 Å². The van der Waals surface area contributed by atoms with Crippen LogP contribution >= 0.6 is 0 Å². The van der Waals surface area contributed by atoms with Gasteiger partial charge in [-0.15, -0.1) is 0 Å². The smallest absolute Gasteiger partial charge is 0.134 e. The van der Waals surface area contributed by atoms with Gasteiger partial charge in [0.25, 0.3) is 0 Å². The second kappa shape index (κ2) is 5.83. The molecular formula is C14H15N5. The number of rotatable bonds is 4. The maximum Gasteiger partial charge on any atom is 0.134 e. The Hall–Kier alpha value is -2.61. The minimum absolute atomic E-state index is 0.671. The second-order valence-corrected chi connectivity index (χ2v) is 4.18. The lowest BCUT2D eigenvalue weighted by atomic mass is 10.1. The number of aromatic nitrogens is 2. The first-order chi connectivity index (χ1) is 9.22. The molecule has 0 radical (unpaired) electrons. The Morgan fingerprint density at radius 1 is 1.32 bits per heavy atom. The van der Waals surface area contributed by atoms with Crippen LogP contribution < -0.4 is 10.2 Å². The van der Waals surface area contributed by atoms with Crippen LogP contribution in [0, 0.1) is 11.3 Å². The third-order valence-corrected chi connectivity index (χ3v) is 2.78. The van der Waals surface area contributed by atoms with Crippen molar-refractivity contribution in [3.8, 4) is 6.07 Å². The van der Waals surface area contributed by atoms with Crippen LogP contribution in [0.1, 0.15) is 11.1 Å². The molecule has 1 heterocycles. The van der Waals surface area contributed by atoms with Gasteiger partial charge < -0.3 is 10.2 Å². The predicted molar refractivity (Wildman–Crippen MR) is 74.8 cm³/mol. The molecule has 0 atom stereocenters. The summed E-state index contributed by atoms with van der Waals surface area (Å²) in [5, 5.41) is 11.9. The van der Waals surface area contributed by atoms with E-state index in [1.165, 1.54) is 6.33 Å². The van der Waals surface area contributed by atoms with Crippen LogP contribution in [-0.2, 0) is 6.54 Å². The molecule has 0 amide bonds. The average molecular weight is 253 g/mol. The average Bonchev–Trinajstić information content (AvgIpc) is 2.47. The molecule has 19 heavy (non-hydrogen) atoms. The highest BCUT2D eigenvalue weighted by Crippen LogP contribution is 2.15. The third kappa shape index (κ3) is 3.19. The van der Waals surface area contributed by atoms with Gasteiger partial charge in [0.15, 0.2) is 0 Å². The summed E-state index contributed by atoms with van der Waals surface area (Å²) >= 11 is 0. The van der Waals surface area contributed by atoms with Crippen molar-refractivity contribution >= 4 is 11.6 Å². The van der Waals surface area contributed by atoms with Gasteiger partial charge in [0.2, 0.25) is 0 Å². The molecule has 0 aliphatic heterocycles. The van der Waals surface area contributed by atoms with Gasteiger partial charge in [0.05, 0.1) is 11.6 Å². The predicted octanol–water partition coefficient (Wildman–Crippen LogP) is 2.03. The normalized spacial score (nSPS) is 9.74. The Morgan fingerprint density at radius 2 is 2.16 bits per heavy atom. The van der Waals surface area contributed by atoms with E-state index in [4.69, 9.17) is 5.26 Å². The van der Waals surface area contributed by atoms with Crippen LogP contribution in [0.15, 0.2) is 36.7 Å². The number of nitrogens with one attached hydrogen (secondary N) is 1. The summed E-state index contributed by atoms with van der Waals surface area (Å²) < 4.78 is 0. The maximum absolute atomic E-state index is 8.89. The Kier molecular flexibility index (Phi) is 3.94. The van der Waals surface area contributed by atoms with Crippen molar-refractivity contribution in [3.05, 3.63) is 47.8 Å². The number of nitrogens with zero attached hydrogens (tertiary/aromatic N) is 4. The SMILES string of the molecule is CNc1cc(N(C)Cc2cccc(C#N)c2)ncn1. The molecule has 0 saturated heterocycles. The van der Waals surface area contributed by atoms with E-state index in [0.29, 0.717) is 12.1 Å². The summed E-state index contributed by atoms with van der Waals surface area (Å²) in [6, 6.07) is 11.6. The van der Waals surface area contributed by atoms with Gasteiger partial charge in [-0.2, -0.15) is 5.26 Å². The minimum Gasteiger partial charge on any atom is -0.373 e. The van der Waals surface area contributed by atoms with Crippen molar-refractivity contribution in [2.24, 2.45) is 0 Å². The molecule has 2 aromatic rings. The molecule has 0 unspecified atom stereocenters. The topological polar surface area (TPSA) is 64.8 Å². The van der Waals surface area contributed by atoms with E-state index in [-0.39, 0.29) is 0 Å². The first kappa shape index (κ1) is 12.8. The molecule has 1 aromatic carbocycles. The lowest BCUT2D eigenvalue weighted by molar-refractivity contribution is 0.891. The summed E-state index contributed by atoms with van der Waals surface area (Å²) in [4.78, 5) is 10.3. The molecule has 5 nitrogen and oxygen atoms in total. The van der Waals surface area contributed by atoms with Gasteiger partial charge in [-0.25, -0.2) is 9.97 Å². The van der Waals surface area contributed by atoms with E-state index in [1.54, 1.807) is 6.07 Å². The third-order valence-electron chi connectivity index (χ3n) is 2.78. The lowest BCUT2D eigenvalue weighted by Gasteiger charge is -2.18. The first-order valence-electron chi connectivity index (χ1n) is 5.93. The molecule has 1 aromatic heterocycles. The maximum atomic E-state index is 8.89. The van der Waals surface area contributed by atoms with E-state index in [9.17, 15) is 0 Å². The monoisotopic (exact) mass is 253 g/mol. The van der Waals surface area contributed by atoms with Crippen LogP contribution in [0.5, 0.6) is 0 Å². The Bertz CT molecular complexity index is 603. The fourth-order valence-electron chi connectivity index (χ4n) is 1.79. The summed E-state index contributed by atoms with van der Waals surface area (Å²) in [6.07, 6.45) is 1.53. The largest absolute Gasteiger partial charge is 0.373 e. The Morgan fingerprint density at radius 3 is 2.89 bits per heavy atom. The zero-order valence-electron chi connectivity index (χ0n) is 11.0. The van der Waals surface area contributed by atoms with Crippen LogP contribution in [0.2, 0.25) is 0 Å². The van der Waals surface area contributed by atoms with Crippen LogP contribution in [-0.4, -0.2) is 24.1 Å². The standard InChI is InChI=1S/C14H15N5/c1-16-13-7-14(18-10-17-13)19(2)9-12-5-3-4-11(6-12)8-15/h3-7,10H,9H2,1-2H3,(H,16,17,18). The molecule has 5 heteroatoms.